The first-order chi connectivity index (χ1) is 13.6. The number of hydrogen-bond donors (Lipinski definition) is 1. The average molecular weight is 400 g/mol. The molecule has 0 saturated carbocycles. The molecule has 0 radical (unpaired) electrons. The molecule has 1 aliphatic rings. The number of unbranched alkanes of at least 4 members (excludes halogenated alkanes) is 3. The number of nitriles is 1. The number of benzene rings is 1. The van der Waals surface area contributed by atoms with Gasteiger partial charge in [0.25, 0.3) is 5.91 Å². The third-order valence-corrected chi connectivity index (χ3v) is 4.42. The Hall–Kier alpha value is -3.12. The molecule has 0 aromatic heterocycles. The number of hydrogen-bond acceptors (Lipinski definition) is 8. The number of methoxy groups -OCH3 is 1. The zero-order valence-corrected chi connectivity index (χ0v) is 16.2. The van der Waals surface area contributed by atoms with Crippen LogP contribution in [0.2, 0.25) is 0 Å². The molecule has 1 aromatic carbocycles. The second-order valence-electron chi connectivity index (χ2n) is 5.63. The van der Waals surface area contributed by atoms with E-state index in [1.54, 1.807) is 6.21 Å². The normalized spacial score (nSPS) is 16.4. The maximum atomic E-state index is 11.7. The van der Waals surface area contributed by atoms with Gasteiger partial charge in [0.15, 0.2) is 5.17 Å². The molecule has 28 heavy (non-hydrogen) atoms. The standard InChI is InChI=1S/C19H20N4O4S/c1-26-17(24)12-16-18(25)22-19(28-16)23-21-13-14-7-6-8-15(11-14)27-10-5-3-2-4-9-20/h6-8,11-13H,2-5,10H2,1H3,(H,22,23,25)/b16-12+,21-13?. The molecule has 1 amide bonds. The van der Waals surface area contributed by atoms with Gasteiger partial charge in [-0.15, -0.1) is 5.10 Å². The first-order valence-electron chi connectivity index (χ1n) is 8.62. The summed E-state index contributed by atoms with van der Waals surface area (Å²) in [5, 5.41) is 19.2. The predicted octanol–water partition coefficient (Wildman–Crippen LogP) is 2.76. The summed E-state index contributed by atoms with van der Waals surface area (Å²) in [6.07, 6.45) is 5.97. The van der Waals surface area contributed by atoms with E-state index in [4.69, 9.17) is 10.00 Å². The maximum absolute atomic E-state index is 11.7. The predicted molar refractivity (Wildman–Crippen MR) is 107 cm³/mol. The highest BCUT2D eigenvalue weighted by atomic mass is 32.2. The van der Waals surface area contributed by atoms with E-state index in [0.717, 1.165) is 48.4 Å². The Balaban J connectivity index is 1.86. The van der Waals surface area contributed by atoms with Crippen LogP contribution < -0.4 is 10.1 Å². The van der Waals surface area contributed by atoms with Crippen molar-refractivity contribution in [3.63, 3.8) is 0 Å². The lowest BCUT2D eigenvalue weighted by molar-refractivity contribution is -0.135. The van der Waals surface area contributed by atoms with Gasteiger partial charge < -0.3 is 9.47 Å². The summed E-state index contributed by atoms with van der Waals surface area (Å²) >= 11 is 1.01. The summed E-state index contributed by atoms with van der Waals surface area (Å²) in [7, 11) is 1.24. The number of carbonyl (C=O) groups excluding carboxylic acids is 2. The summed E-state index contributed by atoms with van der Waals surface area (Å²) in [6.45, 7) is 0.590. The minimum atomic E-state index is -0.607. The van der Waals surface area contributed by atoms with Gasteiger partial charge in [0.2, 0.25) is 0 Å². The van der Waals surface area contributed by atoms with Gasteiger partial charge >= 0.3 is 5.97 Å². The molecule has 0 aliphatic carbocycles. The van der Waals surface area contributed by atoms with Gasteiger partial charge in [0, 0.05) is 12.5 Å². The van der Waals surface area contributed by atoms with Crippen molar-refractivity contribution in [1.29, 1.82) is 5.26 Å². The maximum Gasteiger partial charge on any atom is 0.331 e. The minimum Gasteiger partial charge on any atom is -0.494 e. The van der Waals surface area contributed by atoms with Crippen molar-refractivity contribution in [2.45, 2.75) is 25.7 Å². The lowest BCUT2D eigenvalue weighted by Gasteiger charge is -2.06. The molecule has 1 heterocycles. The van der Waals surface area contributed by atoms with E-state index in [9.17, 15) is 9.59 Å². The molecule has 1 saturated heterocycles. The molecule has 8 nitrogen and oxygen atoms in total. The largest absolute Gasteiger partial charge is 0.494 e. The number of amidine groups is 1. The molecule has 2 rings (SSSR count). The van der Waals surface area contributed by atoms with Gasteiger partial charge in [-0.05, 0) is 48.7 Å². The number of thioether (sulfide) groups is 1. The van der Waals surface area contributed by atoms with Gasteiger partial charge in [0.05, 0.1) is 30.9 Å². The molecule has 146 valence electrons. The first-order valence-corrected chi connectivity index (χ1v) is 9.43. The van der Waals surface area contributed by atoms with Crippen molar-refractivity contribution < 1.29 is 19.1 Å². The van der Waals surface area contributed by atoms with Crippen LogP contribution >= 0.6 is 11.8 Å². The van der Waals surface area contributed by atoms with Crippen molar-refractivity contribution in [2.75, 3.05) is 13.7 Å². The van der Waals surface area contributed by atoms with Crippen molar-refractivity contribution in [1.82, 2.24) is 5.32 Å². The topological polar surface area (TPSA) is 113 Å². The summed E-state index contributed by atoms with van der Waals surface area (Å²) in [5.41, 5.74) is 0.797. The Morgan fingerprint density at radius 3 is 3.00 bits per heavy atom. The van der Waals surface area contributed by atoms with E-state index in [1.165, 1.54) is 7.11 Å². The number of amides is 1. The highest BCUT2D eigenvalue weighted by Crippen LogP contribution is 2.23. The number of rotatable bonds is 9. The van der Waals surface area contributed by atoms with E-state index in [0.29, 0.717) is 13.0 Å². The van der Waals surface area contributed by atoms with Crippen molar-refractivity contribution in [2.24, 2.45) is 10.2 Å². The Bertz CT molecular complexity index is 843. The molecule has 1 aliphatic heterocycles. The van der Waals surface area contributed by atoms with Crippen LogP contribution in [0.1, 0.15) is 31.2 Å². The molecule has 0 spiro atoms. The van der Waals surface area contributed by atoms with E-state index in [2.05, 4.69) is 26.3 Å². The van der Waals surface area contributed by atoms with Crippen LogP contribution in [0.25, 0.3) is 0 Å². The van der Waals surface area contributed by atoms with Crippen molar-refractivity contribution >= 4 is 35.0 Å². The Labute approximate surface area is 167 Å². The Morgan fingerprint density at radius 1 is 1.36 bits per heavy atom. The SMILES string of the molecule is COC(=O)/C=C1/S/C(=N\N=Cc2cccc(OCCCCCC#N)c2)NC1=O. The highest BCUT2D eigenvalue weighted by Gasteiger charge is 2.24. The minimum absolute atomic E-state index is 0.200. The number of nitrogens with one attached hydrogen (secondary N) is 1. The smallest absolute Gasteiger partial charge is 0.331 e. The van der Waals surface area contributed by atoms with Gasteiger partial charge in [-0.1, -0.05) is 12.1 Å². The number of ether oxygens (including phenoxy) is 2. The lowest BCUT2D eigenvalue weighted by atomic mass is 10.2. The second kappa shape index (κ2) is 11.6. The fraction of sp³-hybridized carbons (Fsp3) is 0.316. The molecule has 0 unspecified atom stereocenters. The van der Waals surface area contributed by atoms with Crippen LogP contribution in [0.4, 0.5) is 0 Å². The Kier molecular flexibility index (Phi) is 8.75. The molecule has 0 bridgehead atoms. The lowest BCUT2D eigenvalue weighted by Crippen LogP contribution is -2.19. The molecule has 0 atom stereocenters. The highest BCUT2D eigenvalue weighted by molar-refractivity contribution is 8.18. The van der Waals surface area contributed by atoms with Gasteiger partial charge in [-0.3, -0.25) is 10.1 Å². The zero-order valence-electron chi connectivity index (χ0n) is 15.4. The van der Waals surface area contributed by atoms with Crippen molar-refractivity contribution in [3.8, 4) is 11.8 Å². The monoisotopic (exact) mass is 400 g/mol. The quantitative estimate of drug-likeness (QED) is 0.224. The molecule has 1 fully saturated rings. The van der Waals surface area contributed by atoms with Gasteiger partial charge in [-0.2, -0.15) is 10.4 Å². The molecule has 1 N–H and O–H groups in total. The second-order valence-corrected chi connectivity index (χ2v) is 6.66. The number of carbonyl (C=O) groups is 2. The van der Waals surface area contributed by atoms with E-state index >= 15 is 0 Å². The third-order valence-electron chi connectivity index (χ3n) is 3.52. The summed E-state index contributed by atoms with van der Waals surface area (Å²) in [5.74, 6) is -0.303. The first kappa shape index (κ1) is 21.2. The fourth-order valence-corrected chi connectivity index (χ4v) is 2.89. The van der Waals surface area contributed by atoms with Gasteiger partial charge in [0.1, 0.15) is 5.75 Å². The number of nitrogens with zero attached hydrogens (tertiary/aromatic N) is 3. The summed E-state index contributed by atoms with van der Waals surface area (Å²) < 4.78 is 10.2. The van der Waals surface area contributed by atoms with E-state index < -0.39 is 11.9 Å². The van der Waals surface area contributed by atoms with Crippen LogP contribution in [0.3, 0.4) is 0 Å². The van der Waals surface area contributed by atoms with Crippen LogP contribution in [0, 0.1) is 11.3 Å². The third kappa shape index (κ3) is 7.25. The van der Waals surface area contributed by atoms with Crippen molar-refractivity contribution in [3.05, 3.63) is 40.8 Å². The zero-order chi connectivity index (χ0) is 20.2. The van der Waals surface area contributed by atoms with E-state index in [1.807, 2.05) is 24.3 Å². The summed E-state index contributed by atoms with van der Waals surface area (Å²) in [6, 6.07) is 9.52. The summed E-state index contributed by atoms with van der Waals surface area (Å²) in [4.78, 5) is 23.1. The van der Waals surface area contributed by atoms with E-state index in [-0.39, 0.29) is 10.1 Å². The van der Waals surface area contributed by atoms with Crippen LogP contribution in [0.15, 0.2) is 45.4 Å². The van der Waals surface area contributed by atoms with Crippen LogP contribution in [-0.4, -0.2) is 37.0 Å². The Morgan fingerprint density at radius 2 is 2.21 bits per heavy atom. The fourth-order valence-electron chi connectivity index (χ4n) is 2.15. The molecular formula is C19H20N4O4S. The van der Waals surface area contributed by atoms with Crippen LogP contribution in [0.5, 0.6) is 5.75 Å². The molecule has 9 heteroatoms. The van der Waals surface area contributed by atoms with Crippen LogP contribution in [-0.2, 0) is 14.3 Å². The number of esters is 1. The average Bonchev–Trinajstić information content (AvgIpc) is 3.04. The molecule has 1 aromatic rings. The van der Waals surface area contributed by atoms with Gasteiger partial charge in [-0.25, -0.2) is 4.79 Å². The molecular weight excluding hydrogens is 380 g/mol.